The predicted molar refractivity (Wildman–Crippen MR) is 85.1 cm³/mol. The fourth-order valence-electron chi connectivity index (χ4n) is 1.57. The van der Waals surface area contributed by atoms with E-state index in [1.54, 1.807) is 30.9 Å². The maximum atomic E-state index is 12.5. The summed E-state index contributed by atoms with van der Waals surface area (Å²) in [7, 11) is 0.0106. The molecular weight excluding hydrogens is 348 g/mol. The molecule has 1 aromatic rings. The molecule has 0 aliphatic heterocycles. The van der Waals surface area contributed by atoms with Crippen LogP contribution < -0.4 is 5.32 Å². The Hall–Kier alpha value is -0.0800. The van der Waals surface area contributed by atoms with Crippen molar-refractivity contribution in [3.63, 3.8) is 0 Å². The van der Waals surface area contributed by atoms with Gasteiger partial charge in [-0.2, -0.15) is 11.8 Å². The first kappa shape index (κ1) is 17.0. The molecule has 0 saturated heterocycles. The molecule has 0 aliphatic carbocycles. The molecule has 0 heterocycles. The van der Waals surface area contributed by atoms with E-state index in [9.17, 15) is 8.42 Å². The highest BCUT2D eigenvalue weighted by atomic mass is 79.9. The van der Waals surface area contributed by atoms with Gasteiger partial charge >= 0.3 is 0 Å². The Labute approximate surface area is 128 Å². The molecule has 0 unspecified atom stereocenters. The lowest BCUT2D eigenvalue weighted by Crippen LogP contribution is -2.29. The average molecular weight is 367 g/mol. The number of nitrogens with zero attached hydrogens (tertiary/aromatic N) is 1. The third-order valence-electron chi connectivity index (χ3n) is 2.68. The summed E-state index contributed by atoms with van der Waals surface area (Å²) in [5, 5.41) is 3.02. The van der Waals surface area contributed by atoms with Crippen LogP contribution in [-0.4, -0.2) is 45.4 Å². The summed E-state index contributed by atoms with van der Waals surface area (Å²) in [6, 6.07) is 5.40. The smallest absolute Gasteiger partial charge is 0.243 e. The van der Waals surface area contributed by atoms with E-state index in [4.69, 9.17) is 0 Å². The Bertz CT molecular complexity index is 520. The number of rotatable bonds is 7. The van der Waals surface area contributed by atoms with Crippen molar-refractivity contribution in [3.8, 4) is 0 Å². The van der Waals surface area contributed by atoms with Gasteiger partial charge in [-0.15, -0.1) is 0 Å². The lowest BCUT2D eigenvalue weighted by Gasteiger charge is -2.18. The number of hydrogen-bond acceptors (Lipinski definition) is 4. The quantitative estimate of drug-likeness (QED) is 0.803. The lowest BCUT2D eigenvalue weighted by atomic mass is 10.2. The van der Waals surface area contributed by atoms with E-state index in [0.717, 1.165) is 11.3 Å². The molecular formula is C12H19BrN2O2S2. The van der Waals surface area contributed by atoms with Gasteiger partial charge in [0.25, 0.3) is 0 Å². The van der Waals surface area contributed by atoms with E-state index in [2.05, 4.69) is 21.2 Å². The van der Waals surface area contributed by atoms with Crippen LogP contribution in [0, 0.1) is 0 Å². The van der Waals surface area contributed by atoms with Crippen molar-refractivity contribution in [1.29, 1.82) is 0 Å². The zero-order chi connectivity index (χ0) is 14.5. The van der Waals surface area contributed by atoms with E-state index in [-0.39, 0.29) is 0 Å². The van der Waals surface area contributed by atoms with Crippen LogP contribution in [0.15, 0.2) is 27.6 Å². The second-order valence-electron chi connectivity index (χ2n) is 4.11. The van der Waals surface area contributed by atoms with Crippen molar-refractivity contribution in [1.82, 2.24) is 9.62 Å². The molecule has 0 radical (unpaired) electrons. The molecule has 0 saturated carbocycles. The van der Waals surface area contributed by atoms with E-state index < -0.39 is 10.0 Å². The minimum atomic E-state index is -3.44. The molecule has 1 N–H and O–H groups in total. The van der Waals surface area contributed by atoms with Crippen molar-refractivity contribution in [2.45, 2.75) is 11.4 Å². The number of hydrogen-bond donors (Lipinski definition) is 1. The van der Waals surface area contributed by atoms with Crippen LogP contribution in [0.4, 0.5) is 0 Å². The monoisotopic (exact) mass is 366 g/mol. The van der Waals surface area contributed by atoms with Crippen LogP contribution in [0.25, 0.3) is 0 Å². The first-order valence-electron chi connectivity index (χ1n) is 5.81. The fourth-order valence-corrected chi connectivity index (χ4v) is 4.28. The number of sulfonamides is 1. The molecule has 0 amide bonds. The van der Waals surface area contributed by atoms with Crippen LogP contribution >= 0.6 is 27.7 Å². The third-order valence-corrected chi connectivity index (χ3v) is 6.12. The SMILES string of the molecule is CNCc1ccc(Br)c(S(=O)(=O)N(C)CCSC)c1. The molecule has 1 aromatic carbocycles. The maximum absolute atomic E-state index is 12.5. The van der Waals surface area contributed by atoms with Crippen LogP contribution in [-0.2, 0) is 16.6 Å². The highest BCUT2D eigenvalue weighted by molar-refractivity contribution is 9.10. The number of halogens is 1. The topological polar surface area (TPSA) is 49.4 Å². The molecule has 4 nitrogen and oxygen atoms in total. The summed E-state index contributed by atoms with van der Waals surface area (Å²) < 4.78 is 27.0. The van der Waals surface area contributed by atoms with Crippen LogP contribution in [0.5, 0.6) is 0 Å². The van der Waals surface area contributed by atoms with Crippen molar-refractivity contribution < 1.29 is 8.42 Å². The molecule has 0 aromatic heterocycles. The maximum Gasteiger partial charge on any atom is 0.243 e. The summed E-state index contributed by atoms with van der Waals surface area (Å²) in [5.41, 5.74) is 0.947. The van der Waals surface area contributed by atoms with Crippen LogP contribution in [0.1, 0.15) is 5.56 Å². The molecule has 0 bridgehead atoms. The van der Waals surface area contributed by atoms with E-state index in [1.807, 2.05) is 19.4 Å². The van der Waals surface area contributed by atoms with Crippen molar-refractivity contribution in [3.05, 3.63) is 28.2 Å². The standard InChI is InChI=1S/C12H19BrN2O2S2/c1-14-9-10-4-5-11(13)12(8-10)19(16,17)15(2)6-7-18-3/h4-5,8,14H,6-7,9H2,1-3H3. The van der Waals surface area contributed by atoms with Gasteiger partial charge < -0.3 is 5.32 Å². The second-order valence-corrected chi connectivity index (χ2v) is 7.97. The number of benzene rings is 1. The molecule has 0 atom stereocenters. The van der Waals surface area contributed by atoms with Gasteiger partial charge in [0.05, 0.1) is 4.90 Å². The fraction of sp³-hybridized carbons (Fsp3) is 0.500. The van der Waals surface area contributed by atoms with Gasteiger partial charge in [-0.3, -0.25) is 0 Å². The normalized spacial score (nSPS) is 12.1. The van der Waals surface area contributed by atoms with Gasteiger partial charge in [0.15, 0.2) is 0 Å². The Kier molecular flexibility index (Phi) is 6.82. The predicted octanol–water partition coefficient (Wildman–Crippen LogP) is 2.15. The van der Waals surface area contributed by atoms with Gasteiger partial charge in [0.1, 0.15) is 0 Å². The molecule has 19 heavy (non-hydrogen) atoms. The highest BCUT2D eigenvalue weighted by Crippen LogP contribution is 2.25. The number of thioether (sulfide) groups is 1. The summed E-state index contributed by atoms with van der Waals surface area (Å²) in [4.78, 5) is 0.323. The minimum Gasteiger partial charge on any atom is -0.316 e. The Morgan fingerprint density at radius 3 is 2.68 bits per heavy atom. The average Bonchev–Trinajstić information content (AvgIpc) is 2.38. The van der Waals surface area contributed by atoms with Crippen molar-refractivity contribution >= 4 is 37.7 Å². The lowest BCUT2D eigenvalue weighted by molar-refractivity contribution is 0.488. The van der Waals surface area contributed by atoms with Gasteiger partial charge in [-0.25, -0.2) is 12.7 Å². The van der Waals surface area contributed by atoms with Gasteiger partial charge in [0, 0.05) is 30.4 Å². The summed E-state index contributed by atoms with van der Waals surface area (Å²) in [6.45, 7) is 1.15. The zero-order valence-corrected chi connectivity index (χ0v) is 14.5. The molecule has 0 aliphatic rings. The van der Waals surface area contributed by atoms with Crippen molar-refractivity contribution in [2.24, 2.45) is 0 Å². The zero-order valence-electron chi connectivity index (χ0n) is 11.3. The molecule has 0 spiro atoms. The van der Waals surface area contributed by atoms with E-state index in [1.165, 1.54) is 4.31 Å². The number of nitrogens with one attached hydrogen (secondary N) is 1. The van der Waals surface area contributed by atoms with Crippen LogP contribution in [0.3, 0.4) is 0 Å². The Morgan fingerprint density at radius 2 is 2.11 bits per heavy atom. The molecule has 7 heteroatoms. The summed E-state index contributed by atoms with van der Waals surface area (Å²) in [5.74, 6) is 0.781. The molecule has 1 rings (SSSR count). The minimum absolute atomic E-state index is 0.323. The van der Waals surface area contributed by atoms with Gasteiger partial charge in [-0.05, 0) is 46.9 Å². The summed E-state index contributed by atoms with van der Waals surface area (Å²) in [6.07, 6.45) is 1.96. The Balaban J connectivity index is 3.09. The second kappa shape index (κ2) is 7.64. The van der Waals surface area contributed by atoms with Gasteiger partial charge in [0.2, 0.25) is 10.0 Å². The Morgan fingerprint density at radius 1 is 1.42 bits per heavy atom. The van der Waals surface area contributed by atoms with E-state index in [0.29, 0.717) is 22.5 Å². The largest absolute Gasteiger partial charge is 0.316 e. The first-order chi connectivity index (χ1) is 8.93. The van der Waals surface area contributed by atoms with Crippen LogP contribution in [0.2, 0.25) is 0 Å². The van der Waals surface area contributed by atoms with E-state index >= 15 is 0 Å². The summed E-state index contributed by atoms with van der Waals surface area (Å²) >= 11 is 4.95. The van der Waals surface area contributed by atoms with Gasteiger partial charge in [-0.1, -0.05) is 6.07 Å². The molecule has 108 valence electrons. The third kappa shape index (κ3) is 4.46. The van der Waals surface area contributed by atoms with Crippen molar-refractivity contribution in [2.75, 3.05) is 32.6 Å². The molecule has 0 fully saturated rings. The highest BCUT2D eigenvalue weighted by Gasteiger charge is 2.23. The first-order valence-corrected chi connectivity index (χ1v) is 9.44.